The predicted octanol–water partition coefficient (Wildman–Crippen LogP) is 2.52. The van der Waals surface area contributed by atoms with E-state index in [1.165, 1.54) is 0 Å². The van der Waals surface area contributed by atoms with Gasteiger partial charge in [0.05, 0.1) is 0 Å². The molecule has 0 atom stereocenters. The molecular weight excluding hydrogens is 212 g/mol. The highest BCUT2D eigenvalue weighted by Gasteiger charge is 2.08. The maximum absolute atomic E-state index is 12.0. The standard InChI is InChI=1S/C14H14N2O/c1-10-4-3-5-12(8-10)9-14(17)13-6-7-15-11(2)16-13/h3-8H,9H2,1-2H3. The molecule has 0 aliphatic heterocycles. The number of hydrogen-bond donors (Lipinski definition) is 0. The molecule has 0 unspecified atom stereocenters. The lowest BCUT2D eigenvalue weighted by Gasteiger charge is -2.02. The molecule has 0 N–H and O–H groups in total. The molecule has 0 saturated carbocycles. The Bertz CT molecular complexity index is 549. The molecule has 1 aromatic carbocycles. The van der Waals surface area contributed by atoms with E-state index in [1.54, 1.807) is 19.2 Å². The second kappa shape index (κ2) is 4.87. The molecular formula is C14H14N2O. The molecule has 0 spiro atoms. The summed E-state index contributed by atoms with van der Waals surface area (Å²) in [5.41, 5.74) is 2.67. The quantitative estimate of drug-likeness (QED) is 0.755. The van der Waals surface area contributed by atoms with Crippen LogP contribution in [-0.2, 0) is 6.42 Å². The van der Waals surface area contributed by atoms with Crippen LogP contribution in [0, 0.1) is 13.8 Å². The molecule has 0 saturated heterocycles. The van der Waals surface area contributed by atoms with Gasteiger partial charge in [-0.2, -0.15) is 0 Å². The highest BCUT2D eigenvalue weighted by atomic mass is 16.1. The van der Waals surface area contributed by atoms with Gasteiger partial charge < -0.3 is 0 Å². The zero-order valence-electron chi connectivity index (χ0n) is 9.97. The molecule has 86 valence electrons. The lowest BCUT2D eigenvalue weighted by Crippen LogP contribution is -2.07. The number of aromatic nitrogens is 2. The minimum absolute atomic E-state index is 0.0288. The van der Waals surface area contributed by atoms with Crippen molar-refractivity contribution in [1.82, 2.24) is 9.97 Å². The normalized spacial score (nSPS) is 10.2. The number of aryl methyl sites for hydroxylation is 2. The number of benzene rings is 1. The monoisotopic (exact) mass is 226 g/mol. The molecule has 17 heavy (non-hydrogen) atoms. The Labute approximate surface area is 101 Å². The van der Waals surface area contributed by atoms with Gasteiger partial charge >= 0.3 is 0 Å². The van der Waals surface area contributed by atoms with Crippen LogP contribution < -0.4 is 0 Å². The summed E-state index contributed by atoms with van der Waals surface area (Å²) in [6, 6.07) is 9.61. The smallest absolute Gasteiger partial charge is 0.185 e. The molecule has 0 fully saturated rings. The fourth-order valence-electron chi connectivity index (χ4n) is 1.71. The summed E-state index contributed by atoms with van der Waals surface area (Å²) in [7, 11) is 0. The first-order valence-corrected chi connectivity index (χ1v) is 5.53. The van der Waals surface area contributed by atoms with Gasteiger partial charge in [-0.15, -0.1) is 0 Å². The van der Waals surface area contributed by atoms with E-state index in [-0.39, 0.29) is 5.78 Å². The molecule has 0 aliphatic rings. The van der Waals surface area contributed by atoms with Gasteiger partial charge in [-0.25, -0.2) is 9.97 Å². The summed E-state index contributed by atoms with van der Waals surface area (Å²) < 4.78 is 0. The average molecular weight is 226 g/mol. The molecule has 0 aliphatic carbocycles. The van der Waals surface area contributed by atoms with Crippen molar-refractivity contribution in [3.05, 3.63) is 59.2 Å². The van der Waals surface area contributed by atoms with Crippen LogP contribution in [0.15, 0.2) is 36.5 Å². The fraction of sp³-hybridized carbons (Fsp3) is 0.214. The Morgan fingerprint density at radius 1 is 1.24 bits per heavy atom. The van der Waals surface area contributed by atoms with Crippen LogP contribution in [0.4, 0.5) is 0 Å². The zero-order valence-corrected chi connectivity index (χ0v) is 9.97. The number of nitrogens with zero attached hydrogens (tertiary/aromatic N) is 2. The van der Waals surface area contributed by atoms with Crippen LogP contribution in [0.2, 0.25) is 0 Å². The Morgan fingerprint density at radius 3 is 2.76 bits per heavy atom. The van der Waals surface area contributed by atoms with Crippen LogP contribution in [0.25, 0.3) is 0 Å². The fourth-order valence-corrected chi connectivity index (χ4v) is 1.71. The van der Waals surface area contributed by atoms with E-state index < -0.39 is 0 Å². The van der Waals surface area contributed by atoms with E-state index in [2.05, 4.69) is 9.97 Å². The van der Waals surface area contributed by atoms with Gasteiger partial charge in [-0.3, -0.25) is 4.79 Å². The first-order valence-electron chi connectivity index (χ1n) is 5.53. The third-order valence-electron chi connectivity index (χ3n) is 2.51. The Hall–Kier alpha value is -2.03. The van der Waals surface area contributed by atoms with Crippen LogP contribution >= 0.6 is 0 Å². The molecule has 1 aromatic heterocycles. The van der Waals surface area contributed by atoms with Crippen molar-refractivity contribution in [3.8, 4) is 0 Å². The summed E-state index contributed by atoms with van der Waals surface area (Å²) >= 11 is 0. The second-order valence-electron chi connectivity index (χ2n) is 4.08. The molecule has 3 heteroatoms. The van der Waals surface area contributed by atoms with Gasteiger partial charge in [0.2, 0.25) is 0 Å². The topological polar surface area (TPSA) is 42.9 Å². The minimum Gasteiger partial charge on any atom is -0.292 e. The van der Waals surface area contributed by atoms with Gasteiger partial charge in [-0.1, -0.05) is 29.8 Å². The van der Waals surface area contributed by atoms with Gasteiger partial charge in [0.1, 0.15) is 11.5 Å². The Kier molecular flexibility index (Phi) is 3.28. The third kappa shape index (κ3) is 2.97. The first-order chi connectivity index (χ1) is 8.15. The molecule has 0 radical (unpaired) electrons. The highest BCUT2D eigenvalue weighted by Crippen LogP contribution is 2.08. The molecule has 2 rings (SSSR count). The number of carbonyl (C=O) groups is 1. The summed E-state index contributed by atoms with van der Waals surface area (Å²) in [6.07, 6.45) is 2.00. The maximum Gasteiger partial charge on any atom is 0.185 e. The predicted molar refractivity (Wildman–Crippen MR) is 66.0 cm³/mol. The summed E-state index contributed by atoms with van der Waals surface area (Å²) in [6.45, 7) is 3.80. The zero-order chi connectivity index (χ0) is 12.3. The molecule has 1 heterocycles. The molecule has 3 nitrogen and oxygen atoms in total. The lowest BCUT2D eigenvalue weighted by molar-refractivity contribution is 0.0988. The first kappa shape index (κ1) is 11.5. The summed E-state index contributed by atoms with van der Waals surface area (Å²) in [5.74, 6) is 0.654. The largest absolute Gasteiger partial charge is 0.292 e. The van der Waals surface area contributed by atoms with Crippen LogP contribution in [0.5, 0.6) is 0 Å². The number of carbonyl (C=O) groups excluding carboxylic acids is 1. The summed E-state index contributed by atoms with van der Waals surface area (Å²) in [4.78, 5) is 20.1. The van der Waals surface area contributed by atoms with Crippen molar-refractivity contribution in [1.29, 1.82) is 0 Å². The Balaban J connectivity index is 2.17. The number of Topliss-reactive ketones (excluding diaryl/α,β-unsaturated/α-hetero) is 1. The lowest BCUT2D eigenvalue weighted by atomic mass is 10.0. The van der Waals surface area contributed by atoms with Gasteiger partial charge in [0.15, 0.2) is 5.78 Å². The van der Waals surface area contributed by atoms with Crippen LogP contribution in [0.3, 0.4) is 0 Å². The van der Waals surface area contributed by atoms with Crippen molar-refractivity contribution < 1.29 is 4.79 Å². The third-order valence-corrected chi connectivity index (χ3v) is 2.51. The van der Waals surface area contributed by atoms with Crippen molar-refractivity contribution in [2.24, 2.45) is 0 Å². The summed E-state index contributed by atoms with van der Waals surface area (Å²) in [5, 5.41) is 0. The van der Waals surface area contributed by atoms with E-state index >= 15 is 0 Å². The van der Waals surface area contributed by atoms with E-state index in [4.69, 9.17) is 0 Å². The van der Waals surface area contributed by atoms with E-state index in [0.29, 0.717) is 17.9 Å². The number of ketones is 1. The van der Waals surface area contributed by atoms with Crippen LogP contribution in [-0.4, -0.2) is 15.8 Å². The number of hydrogen-bond acceptors (Lipinski definition) is 3. The second-order valence-corrected chi connectivity index (χ2v) is 4.08. The maximum atomic E-state index is 12.0. The van der Waals surface area contributed by atoms with E-state index in [0.717, 1.165) is 11.1 Å². The molecule has 2 aromatic rings. The van der Waals surface area contributed by atoms with E-state index in [1.807, 2.05) is 31.2 Å². The SMILES string of the molecule is Cc1cccc(CC(=O)c2ccnc(C)n2)c1. The highest BCUT2D eigenvalue weighted by molar-refractivity contribution is 5.95. The van der Waals surface area contributed by atoms with Crippen molar-refractivity contribution >= 4 is 5.78 Å². The molecule has 0 amide bonds. The van der Waals surface area contributed by atoms with Gasteiger partial charge in [0, 0.05) is 12.6 Å². The van der Waals surface area contributed by atoms with Crippen molar-refractivity contribution in [3.63, 3.8) is 0 Å². The average Bonchev–Trinajstić information content (AvgIpc) is 2.29. The van der Waals surface area contributed by atoms with Crippen LogP contribution in [0.1, 0.15) is 27.4 Å². The number of rotatable bonds is 3. The van der Waals surface area contributed by atoms with Crippen molar-refractivity contribution in [2.75, 3.05) is 0 Å². The minimum atomic E-state index is 0.0288. The van der Waals surface area contributed by atoms with E-state index in [9.17, 15) is 4.79 Å². The van der Waals surface area contributed by atoms with Gasteiger partial charge in [0.25, 0.3) is 0 Å². The molecule has 0 bridgehead atoms. The Morgan fingerprint density at radius 2 is 2.06 bits per heavy atom. The van der Waals surface area contributed by atoms with Crippen molar-refractivity contribution in [2.45, 2.75) is 20.3 Å². The van der Waals surface area contributed by atoms with Gasteiger partial charge in [-0.05, 0) is 25.5 Å².